The zero-order valence-corrected chi connectivity index (χ0v) is 27.0. The van der Waals surface area contributed by atoms with Gasteiger partial charge < -0.3 is 10.1 Å². The first-order chi connectivity index (χ1) is 20.8. The summed E-state index contributed by atoms with van der Waals surface area (Å²) in [5.74, 6) is -7.66. The molecule has 0 fully saturated rings. The summed E-state index contributed by atoms with van der Waals surface area (Å²) >= 11 is 0. The molecule has 2 aromatic carbocycles. The number of Topliss-reactive ketones (excluding diaryl/α,β-unsaturated/α-hetero) is 1. The Morgan fingerprint density at radius 1 is 1.09 bits per heavy atom. The number of nitrogens with zero attached hydrogens (tertiary/aromatic N) is 2. The van der Waals surface area contributed by atoms with Crippen LogP contribution in [0.1, 0.15) is 77.5 Å². The molecule has 0 aliphatic heterocycles. The van der Waals surface area contributed by atoms with Crippen LogP contribution in [-0.4, -0.2) is 36.2 Å². The van der Waals surface area contributed by atoms with Crippen molar-refractivity contribution in [2.24, 2.45) is 11.0 Å². The number of halogens is 4. The Bertz CT molecular complexity index is 1280. The Balaban J connectivity index is 0.00000227. The van der Waals surface area contributed by atoms with E-state index >= 15 is 0 Å². The highest BCUT2D eigenvalue weighted by molar-refractivity contribution is 5.85. The third kappa shape index (κ3) is 12.5. The van der Waals surface area contributed by atoms with Gasteiger partial charge in [-0.25, -0.2) is 8.78 Å². The average molecular weight is 618 g/mol. The number of aryl methyl sites for hydroxylation is 1. The molecule has 0 radical (unpaired) electrons. The molecule has 0 bridgehead atoms. The molecule has 2 atom stereocenters. The lowest BCUT2D eigenvalue weighted by atomic mass is 10.0. The van der Waals surface area contributed by atoms with Gasteiger partial charge in [-0.2, -0.15) is 13.9 Å². The van der Waals surface area contributed by atoms with E-state index in [0.717, 1.165) is 34.6 Å². The summed E-state index contributed by atoms with van der Waals surface area (Å²) in [5, 5.41) is 8.82. The van der Waals surface area contributed by atoms with Gasteiger partial charge in [0.1, 0.15) is 12.6 Å². The van der Waals surface area contributed by atoms with E-state index < -0.39 is 47.5 Å². The third-order valence-corrected chi connectivity index (χ3v) is 6.50. The smallest absolute Gasteiger partial charge is 0.203 e. The summed E-state index contributed by atoms with van der Waals surface area (Å²) in [6.45, 7) is 21.4. The molecule has 0 spiro atoms. The van der Waals surface area contributed by atoms with Crippen LogP contribution in [0.5, 0.6) is 5.75 Å². The molecule has 0 saturated carbocycles. The molecule has 9 heteroatoms. The van der Waals surface area contributed by atoms with Crippen molar-refractivity contribution in [3.63, 3.8) is 0 Å². The summed E-state index contributed by atoms with van der Waals surface area (Å²) in [5.41, 5.74) is 4.19. The van der Waals surface area contributed by atoms with Gasteiger partial charge >= 0.3 is 0 Å². The fourth-order valence-corrected chi connectivity index (χ4v) is 3.89. The Morgan fingerprint density at radius 3 is 2.25 bits per heavy atom. The molecule has 44 heavy (non-hydrogen) atoms. The maximum absolute atomic E-state index is 14.0. The Kier molecular flexibility index (Phi) is 17.0. The summed E-state index contributed by atoms with van der Waals surface area (Å²) in [4.78, 5) is 13.1. The van der Waals surface area contributed by atoms with Gasteiger partial charge in [-0.05, 0) is 55.4 Å². The van der Waals surface area contributed by atoms with Crippen LogP contribution in [0, 0.1) is 36.1 Å². The highest BCUT2D eigenvalue weighted by Crippen LogP contribution is 2.27. The van der Waals surface area contributed by atoms with Crippen LogP contribution < -0.4 is 10.1 Å². The first-order valence-corrected chi connectivity index (χ1v) is 14.8. The van der Waals surface area contributed by atoms with E-state index in [1.807, 2.05) is 45.9 Å². The number of benzene rings is 2. The van der Waals surface area contributed by atoms with Crippen molar-refractivity contribution in [1.29, 1.82) is 0 Å². The SMILES string of the molecule is C=C/C=C\c1cc(CNC(C)/C(C)=C/N(N=C)C(CCCC)C(=O)COc2c(F)c(F)cc(F)c2F)ccc1C.CC(C)C. The minimum Gasteiger partial charge on any atom is -0.479 e. The molecule has 0 aliphatic rings. The third-order valence-electron chi connectivity index (χ3n) is 6.50. The van der Waals surface area contributed by atoms with E-state index in [1.165, 1.54) is 5.01 Å². The topological polar surface area (TPSA) is 53.9 Å². The average Bonchev–Trinajstić information content (AvgIpc) is 2.97. The second-order valence-corrected chi connectivity index (χ2v) is 11.2. The number of hydrazone groups is 1. The fraction of sp³-hybridized carbons (Fsp3) is 0.429. The molecule has 5 nitrogen and oxygen atoms in total. The van der Waals surface area contributed by atoms with Crippen LogP contribution in [0.25, 0.3) is 6.08 Å². The van der Waals surface area contributed by atoms with Gasteiger partial charge in [-0.1, -0.05) is 83.5 Å². The van der Waals surface area contributed by atoms with Crippen molar-refractivity contribution in [3.05, 3.63) is 94.7 Å². The molecular formula is C35H47F4N3O2. The van der Waals surface area contributed by atoms with Crippen molar-refractivity contribution in [3.8, 4) is 5.75 Å². The molecule has 0 heterocycles. The first-order valence-electron chi connectivity index (χ1n) is 14.8. The highest BCUT2D eigenvalue weighted by atomic mass is 19.2. The molecule has 0 aliphatic carbocycles. The fourth-order valence-electron chi connectivity index (χ4n) is 3.89. The van der Waals surface area contributed by atoms with Crippen LogP contribution in [0.3, 0.4) is 0 Å². The maximum atomic E-state index is 14.0. The molecule has 242 valence electrons. The second kappa shape index (κ2) is 19.5. The number of ether oxygens (including phenoxy) is 1. The Hall–Kier alpha value is -3.72. The maximum Gasteiger partial charge on any atom is 0.203 e. The number of allylic oxidation sites excluding steroid dienone is 2. The molecule has 2 rings (SSSR count). The van der Waals surface area contributed by atoms with E-state index in [2.05, 4.69) is 56.6 Å². The molecule has 0 saturated heterocycles. The summed E-state index contributed by atoms with van der Waals surface area (Å²) < 4.78 is 60.0. The first kappa shape index (κ1) is 38.3. The zero-order chi connectivity index (χ0) is 33.4. The minimum absolute atomic E-state index is 0.0766. The summed E-state index contributed by atoms with van der Waals surface area (Å²) in [6.07, 6.45) is 9.07. The summed E-state index contributed by atoms with van der Waals surface area (Å²) in [6, 6.07) is 5.31. The van der Waals surface area contributed by atoms with Gasteiger partial charge in [0.2, 0.25) is 11.6 Å². The Morgan fingerprint density at radius 2 is 1.70 bits per heavy atom. The van der Waals surface area contributed by atoms with Gasteiger partial charge in [-0.3, -0.25) is 9.80 Å². The molecule has 2 aromatic rings. The number of rotatable bonds is 16. The van der Waals surface area contributed by atoms with Crippen molar-refractivity contribution in [1.82, 2.24) is 10.3 Å². The number of unbranched alkanes of at least 4 members (excludes halogenated alkanes) is 1. The number of carbonyl (C=O) groups is 1. The lowest BCUT2D eigenvalue weighted by Crippen LogP contribution is -2.38. The van der Waals surface area contributed by atoms with E-state index in [1.54, 1.807) is 12.3 Å². The predicted octanol–water partition coefficient (Wildman–Crippen LogP) is 8.92. The molecule has 1 N–H and O–H groups in total. The van der Waals surface area contributed by atoms with E-state index in [9.17, 15) is 22.4 Å². The predicted molar refractivity (Wildman–Crippen MR) is 172 cm³/mol. The Labute approximate surface area is 260 Å². The minimum atomic E-state index is -1.71. The van der Waals surface area contributed by atoms with Crippen molar-refractivity contribution in [2.45, 2.75) is 86.4 Å². The van der Waals surface area contributed by atoms with Gasteiger partial charge in [-0.15, -0.1) is 0 Å². The van der Waals surface area contributed by atoms with Crippen molar-refractivity contribution < 1.29 is 27.1 Å². The van der Waals surface area contributed by atoms with Crippen LogP contribution in [0.2, 0.25) is 0 Å². The van der Waals surface area contributed by atoms with Gasteiger partial charge in [0, 0.05) is 31.6 Å². The number of nitrogens with one attached hydrogen (secondary N) is 1. The molecule has 0 aromatic heterocycles. The molecular weight excluding hydrogens is 570 g/mol. The number of hydrogen-bond donors (Lipinski definition) is 1. The lowest BCUT2D eigenvalue weighted by molar-refractivity contribution is -0.125. The van der Waals surface area contributed by atoms with Crippen LogP contribution >= 0.6 is 0 Å². The van der Waals surface area contributed by atoms with E-state index in [0.29, 0.717) is 19.4 Å². The normalized spacial score (nSPS) is 12.9. The summed E-state index contributed by atoms with van der Waals surface area (Å²) in [7, 11) is 0. The largest absolute Gasteiger partial charge is 0.479 e. The second-order valence-electron chi connectivity index (χ2n) is 11.2. The van der Waals surface area contributed by atoms with Crippen LogP contribution in [0.15, 0.2) is 59.9 Å². The lowest BCUT2D eigenvalue weighted by Gasteiger charge is -2.27. The van der Waals surface area contributed by atoms with E-state index in [-0.39, 0.29) is 12.1 Å². The van der Waals surface area contributed by atoms with Crippen molar-refractivity contribution in [2.75, 3.05) is 6.61 Å². The van der Waals surface area contributed by atoms with Crippen molar-refractivity contribution >= 4 is 18.6 Å². The molecule has 0 amide bonds. The van der Waals surface area contributed by atoms with Gasteiger partial charge in [0.05, 0.1) is 0 Å². The van der Waals surface area contributed by atoms with Crippen LogP contribution in [0.4, 0.5) is 17.6 Å². The number of hydrogen-bond acceptors (Lipinski definition) is 5. The van der Waals surface area contributed by atoms with Gasteiger partial charge in [0.25, 0.3) is 0 Å². The monoisotopic (exact) mass is 617 g/mol. The van der Waals surface area contributed by atoms with Gasteiger partial charge in [0.15, 0.2) is 23.2 Å². The quantitative estimate of drug-likeness (QED) is 0.0672. The number of ketones is 1. The zero-order valence-electron chi connectivity index (χ0n) is 27.0. The molecule has 2 unspecified atom stereocenters. The highest BCUT2D eigenvalue weighted by Gasteiger charge is 2.27. The van der Waals surface area contributed by atoms with E-state index in [4.69, 9.17) is 4.74 Å². The number of carbonyl (C=O) groups excluding carboxylic acids is 1. The standard InChI is InChI=1S/C31H37F4N3O2.C4H10/c1-7-9-11-24-15-23(14-13-20(24)3)17-37-22(5)21(4)18-38(36-6)27(12-10-8-2)28(39)19-40-31-29(34)25(32)16-26(33)30(31)35;1-4(2)3/h7,9,11,13-16,18,22,27,37H,1,6,8,10,12,17,19H2,2-5H3;4H,1-3H3/b11-9-,21-18+;. The van der Waals surface area contributed by atoms with Crippen LogP contribution in [-0.2, 0) is 11.3 Å².